The van der Waals surface area contributed by atoms with Crippen LogP contribution in [0.2, 0.25) is 5.02 Å². The van der Waals surface area contributed by atoms with E-state index in [1.54, 1.807) is 36.5 Å². The molecule has 0 saturated heterocycles. The molecule has 0 spiro atoms. The number of nitrogens with zero attached hydrogens (tertiary/aromatic N) is 3. The van der Waals surface area contributed by atoms with Crippen LogP contribution in [0.15, 0.2) is 60.8 Å². The molecular weight excluding hydrogens is 473 g/mol. The minimum Gasteiger partial charge on any atom is -0.492 e. The molecule has 2 aromatic carbocycles. The Hall–Kier alpha value is -4.12. The number of anilines is 2. The van der Waals surface area contributed by atoms with Gasteiger partial charge in [0.25, 0.3) is 0 Å². The van der Waals surface area contributed by atoms with E-state index >= 15 is 0 Å². The third-order valence-corrected chi connectivity index (χ3v) is 4.96. The summed E-state index contributed by atoms with van der Waals surface area (Å²) in [5.74, 6) is 0.353. The number of benzene rings is 2. The largest absolute Gasteiger partial charge is 0.492 e. The van der Waals surface area contributed by atoms with E-state index in [1.807, 2.05) is 0 Å². The van der Waals surface area contributed by atoms with E-state index in [4.69, 9.17) is 11.6 Å². The molecule has 0 atom stereocenters. The number of urea groups is 1. The van der Waals surface area contributed by atoms with E-state index in [0.29, 0.717) is 34.9 Å². The molecule has 12 heteroatoms. The van der Waals surface area contributed by atoms with E-state index < -0.39 is 22.8 Å². The van der Waals surface area contributed by atoms with Crippen molar-refractivity contribution in [2.75, 3.05) is 10.6 Å². The summed E-state index contributed by atoms with van der Waals surface area (Å²) in [6, 6.07) is 12.2. The van der Waals surface area contributed by atoms with Crippen LogP contribution >= 0.6 is 11.6 Å². The second-order valence-electron chi connectivity index (χ2n) is 7.15. The summed E-state index contributed by atoms with van der Waals surface area (Å²) in [6.45, 7) is 0. The number of H-pyrrole nitrogens is 1. The number of amides is 2. The first-order chi connectivity index (χ1) is 16.2. The zero-order valence-electron chi connectivity index (χ0n) is 17.2. The zero-order valence-corrected chi connectivity index (χ0v) is 17.9. The molecule has 8 nitrogen and oxygen atoms in total. The van der Waals surface area contributed by atoms with Crippen molar-refractivity contribution in [3.8, 4) is 17.3 Å². The Balaban J connectivity index is 1.41. The van der Waals surface area contributed by atoms with Crippen molar-refractivity contribution >= 4 is 29.0 Å². The number of carbonyl (C=O) groups excluding carboxylic acids is 1. The molecule has 0 aliphatic heterocycles. The van der Waals surface area contributed by atoms with E-state index in [2.05, 4.69) is 30.8 Å². The number of hydrogen-bond donors (Lipinski definition) is 4. The number of aromatic nitrogens is 4. The average molecular weight is 489 g/mol. The van der Waals surface area contributed by atoms with Crippen molar-refractivity contribution in [2.45, 2.75) is 12.6 Å². The van der Waals surface area contributed by atoms with Gasteiger partial charge in [-0.15, -0.1) is 5.10 Å². The van der Waals surface area contributed by atoms with Gasteiger partial charge in [-0.3, -0.25) is 5.10 Å². The minimum absolute atomic E-state index is 0.0540. The van der Waals surface area contributed by atoms with Gasteiger partial charge in [-0.25, -0.2) is 14.8 Å². The summed E-state index contributed by atoms with van der Waals surface area (Å²) >= 11 is 5.59. The Kier molecular flexibility index (Phi) is 6.37. The zero-order chi connectivity index (χ0) is 24.3. The van der Waals surface area contributed by atoms with Crippen LogP contribution in [0.3, 0.4) is 0 Å². The van der Waals surface area contributed by atoms with Crippen molar-refractivity contribution in [3.05, 3.63) is 82.8 Å². The Morgan fingerprint density at radius 2 is 1.74 bits per heavy atom. The molecule has 0 bridgehead atoms. The Bertz CT molecular complexity index is 1320. The van der Waals surface area contributed by atoms with Crippen LogP contribution in [0.4, 0.5) is 29.3 Å². The number of aromatic hydroxyl groups is 1. The lowest BCUT2D eigenvalue weighted by molar-refractivity contribution is -0.137. The lowest BCUT2D eigenvalue weighted by Gasteiger charge is -2.12. The quantitative estimate of drug-likeness (QED) is 0.297. The fourth-order valence-corrected chi connectivity index (χ4v) is 3.31. The molecule has 0 aliphatic rings. The van der Waals surface area contributed by atoms with Crippen LogP contribution in [0.25, 0.3) is 11.4 Å². The van der Waals surface area contributed by atoms with Gasteiger partial charge in [0.05, 0.1) is 16.3 Å². The third-order valence-electron chi connectivity index (χ3n) is 4.63. The van der Waals surface area contributed by atoms with Gasteiger partial charge in [-0.05, 0) is 48.5 Å². The highest BCUT2D eigenvalue weighted by Gasteiger charge is 2.33. The standard InChI is InChI=1S/C22H16ClF3N6O2/c23-18-6-5-14(10-17(18)22(24,25)26)30-21(34)29-13-3-1-12(2-4-13)20-27-8-7-15(28-20)9-16-11-19(33)32-31-16/h1-8,10-11H,9H2,(H2,29,30,34)(H2,31,32,33). The topological polar surface area (TPSA) is 116 Å². The molecule has 4 N–H and O–H groups in total. The highest BCUT2D eigenvalue weighted by molar-refractivity contribution is 6.31. The van der Waals surface area contributed by atoms with E-state index in [0.717, 1.165) is 12.1 Å². The first-order valence-corrected chi connectivity index (χ1v) is 10.2. The number of alkyl halides is 3. The highest BCUT2D eigenvalue weighted by atomic mass is 35.5. The maximum Gasteiger partial charge on any atom is 0.417 e. The van der Waals surface area contributed by atoms with Crippen molar-refractivity contribution in [3.63, 3.8) is 0 Å². The molecule has 0 radical (unpaired) electrons. The number of halogens is 4. The van der Waals surface area contributed by atoms with Gasteiger partial charge < -0.3 is 15.7 Å². The number of hydrogen-bond acceptors (Lipinski definition) is 5. The van der Waals surface area contributed by atoms with Gasteiger partial charge in [0, 0.05) is 41.3 Å². The lowest BCUT2D eigenvalue weighted by atomic mass is 10.1. The third kappa shape index (κ3) is 5.62. The summed E-state index contributed by atoms with van der Waals surface area (Å²) < 4.78 is 39.0. The number of carbonyl (C=O) groups is 1. The van der Waals surface area contributed by atoms with Crippen molar-refractivity contribution < 1.29 is 23.1 Å². The second-order valence-corrected chi connectivity index (χ2v) is 7.56. The number of nitrogens with one attached hydrogen (secondary N) is 3. The highest BCUT2D eigenvalue weighted by Crippen LogP contribution is 2.36. The van der Waals surface area contributed by atoms with Crippen molar-refractivity contribution in [1.29, 1.82) is 0 Å². The molecule has 4 aromatic rings. The molecule has 0 saturated carbocycles. The minimum atomic E-state index is -4.64. The maximum absolute atomic E-state index is 13.0. The monoisotopic (exact) mass is 488 g/mol. The fraction of sp³-hybridized carbons (Fsp3) is 0.0909. The summed E-state index contributed by atoms with van der Waals surface area (Å²) in [6.07, 6.45) is -2.61. The van der Waals surface area contributed by atoms with Gasteiger partial charge in [0.1, 0.15) is 0 Å². The fourth-order valence-electron chi connectivity index (χ4n) is 3.09. The average Bonchev–Trinajstić information content (AvgIpc) is 3.19. The van der Waals surface area contributed by atoms with Gasteiger partial charge >= 0.3 is 12.2 Å². The Labute approximate surface area is 195 Å². The van der Waals surface area contributed by atoms with Crippen LogP contribution in [-0.2, 0) is 12.6 Å². The molecule has 2 amide bonds. The molecule has 0 unspecified atom stereocenters. The lowest BCUT2D eigenvalue weighted by Crippen LogP contribution is -2.19. The van der Waals surface area contributed by atoms with Crippen LogP contribution in [0.1, 0.15) is 17.0 Å². The Morgan fingerprint density at radius 1 is 1.03 bits per heavy atom. The molecule has 2 aromatic heterocycles. The molecular formula is C22H16ClF3N6O2. The molecule has 34 heavy (non-hydrogen) atoms. The predicted octanol–water partition coefficient (Wildman–Crippen LogP) is 5.48. The van der Waals surface area contributed by atoms with Crippen LogP contribution in [0.5, 0.6) is 5.88 Å². The van der Waals surface area contributed by atoms with Crippen LogP contribution in [0, 0.1) is 0 Å². The van der Waals surface area contributed by atoms with Crippen molar-refractivity contribution in [2.24, 2.45) is 0 Å². The summed E-state index contributed by atoms with van der Waals surface area (Å²) in [7, 11) is 0. The molecule has 4 rings (SSSR count). The first-order valence-electron chi connectivity index (χ1n) is 9.78. The maximum atomic E-state index is 13.0. The molecule has 0 fully saturated rings. The second kappa shape index (κ2) is 9.40. The smallest absolute Gasteiger partial charge is 0.417 e. The van der Waals surface area contributed by atoms with Crippen LogP contribution in [-0.4, -0.2) is 31.3 Å². The van der Waals surface area contributed by atoms with E-state index in [-0.39, 0.29) is 11.6 Å². The van der Waals surface area contributed by atoms with Crippen LogP contribution < -0.4 is 10.6 Å². The number of aromatic amines is 1. The van der Waals surface area contributed by atoms with E-state index in [1.165, 1.54) is 12.1 Å². The van der Waals surface area contributed by atoms with Gasteiger partial charge in [-0.1, -0.05) is 11.6 Å². The molecule has 2 heterocycles. The normalized spacial score (nSPS) is 11.3. The predicted molar refractivity (Wildman–Crippen MR) is 120 cm³/mol. The first kappa shape index (κ1) is 23.1. The summed E-state index contributed by atoms with van der Waals surface area (Å²) in [5.41, 5.74) is 1.40. The van der Waals surface area contributed by atoms with Gasteiger partial charge in [-0.2, -0.15) is 13.2 Å². The molecule has 174 valence electrons. The molecule has 0 aliphatic carbocycles. The Morgan fingerprint density at radius 3 is 2.41 bits per heavy atom. The summed E-state index contributed by atoms with van der Waals surface area (Å²) in [4.78, 5) is 21.0. The SMILES string of the molecule is O=C(Nc1ccc(-c2nccc(Cc3cc(O)n[nH]3)n2)cc1)Nc1ccc(Cl)c(C(F)(F)F)c1. The number of rotatable bonds is 5. The van der Waals surface area contributed by atoms with E-state index in [9.17, 15) is 23.1 Å². The van der Waals surface area contributed by atoms with Gasteiger partial charge in [0.15, 0.2) is 5.82 Å². The van der Waals surface area contributed by atoms with Crippen molar-refractivity contribution in [1.82, 2.24) is 20.2 Å². The summed E-state index contributed by atoms with van der Waals surface area (Å²) in [5, 5.41) is 20.1. The van der Waals surface area contributed by atoms with Gasteiger partial charge in [0.2, 0.25) is 5.88 Å².